The van der Waals surface area contributed by atoms with E-state index in [1.807, 2.05) is 6.21 Å². The standard InChI is InChI=1S/C8H18N4.Gd/c1-2-10-5-6-12-8-7-11-4-3-9-1;/h1,10-12H,2-8H2;. The third-order valence-electron chi connectivity index (χ3n) is 1.74. The second-order valence-corrected chi connectivity index (χ2v) is 2.79. The van der Waals surface area contributed by atoms with Gasteiger partial charge in [0.05, 0.1) is 6.54 Å². The van der Waals surface area contributed by atoms with Crippen molar-refractivity contribution in [1.82, 2.24) is 16.0 Å². The van der Waals surface area contributed by atoms with Crippen LogP contribution in [0, 0.1) is 39.9 Å². The van der Waals surface area contributed by atoms with Crippen molar-refractivity contribution in [2.75, 3.05) is 45.8 Å². The van der Waals surface area contributed by atoms with Crippen LogP contribution in [-0.4, -0.2) is 52.0 Å². The van der Waals surface area contributed by atoms with Gasteiger partial charge in [0.15, 0.2) is 0 Å². The molecule has 0 unspecified atom stereocenters. The summed E-state index contributed by atoms with van der Waals surface area (Å²) in [5, 5.41) is 9.91. The van der Waals surface area contributed by atoms with Crippen molar-refractivity contribution in [3.63, 3.8) is 0 Å². The van der Waals surface area contributed by atoms with Gasteiger partial charge in [-0.3, -0.25) is 4.99 Å². The maximum absolute atomic E-state index is 4.23. The Kier molecular flexibility index (Phi) is 11.7. The van der Waals surface area contributed by atoms with E-state index in [0.29, 0.717) is 0 Å². The monoisotopic (exact) mass is 328 g/mol. The normalized spacial score (nSPS) is 20.9. The average Bonchev–Trinajstić information content (AvgIpc) is 2.05. The topological polar surface area (TPSA) is 48.5 Å². The van der Waals surface area contributed by atoms with Crippen LogP contribution < -0.4 is 16.0 Å². The van der Waals surface area contributed by atoms with Crippen molar-refractivity contribution in [2.24, 2.45) is 4.99 Å². The number of rotatable bonds is 0. The van der Waals surface area contributed by atoms with Gasteiger partial charge >= 0.3 is 0 Å². The minimum absolute atomic E-state index is 0. The average molecular weight is 328 g/mol. The van der Waals surface area contributed by atoms with Crippen LogP contribution in [0.25, 0.3) is 0 Å². The van der Waals surface area contributed by atoms with Crippen LogP contribution in [0.3, 0.4) is 0 Å². The molecule has 0 fully saturated rings. The van der Waals surface area contributed by atoms with Gasteiger partial charge < -0.3 is 16.0 Å². The first kappa shape index (κ1) is 13.9. The van der Waals surface area contributed by atoms with Crippen molar-refractivity contribution in [2.45, 2.75) is 0 Å². The maximum Gasteiger partial charge on any atom is 0.0510 e. The van der Waals surface area contributed by atoms with Gasteiger partial charge in [0.25, 0.3) is 0 Å². The summed E-state index contributed by atoms with van der Waals surface area (Å²) in [5.41, 5.74) is 0. The molecule has 3 N–H and O–H groups in total. The molecule has 1 aliphatic heterocycles. The predicted octanol–water partition coefficient (Wildman–Crippen LogP) is -1.16. The molecule has 1 rings (SSSR count). The van der Waals surface area contributed by atoms with E-state index >= 15 is 0 Å². The summed E-state index contributed by atoms with van der Waals surface area (Å²) in [5.74, 6) is 0. The summed E-state index contributed by atoms with van der Waals surface area (Å²) in [7, 11) is 0. The molecule has 13 heavy (non-hydrogen) atoms. The van der Waals surface area contributed by atoms with E-state index in [1.165, 1.54) is 0 Å². The molecule has 0 aromatic heterocycles. The van der Waals surface area contributed by atoms with E-state index in [9.17, 15) is 0 Å². The molecule has 0 aromatic rings. The molecule has 1 aliphatic rings. The van der Waals surface area contributed by atoms with Crippen molar-refractivity contribution in [3.8, 4) is 0 Å². The molecule has 78 valence electrons. The van der Waals surface area contributed by atoms with Gasteiger partial charge in [-0.15, -0.1) is 0 Å². The van der Waals surface area contributed by atoms with Crippen LogP contribution in [-0.2, 0) is 0 Å². The molecule has 0 amide bonds. The smallest absolute Gasteiger partial charge is 0.0510 e. The molecular weight excluding hydrogens is 309 g/mol. The zero-order chi connectivity index (χ0) is 8.49. The van der Waals surface area contributed by atoms with Gasteiger partial charge in [-0.2, -0.15) is 0 Å². The van der Waals surface area contributed by atoms with Gasteiger partial charge in [0.1, 0.15) is 0 Å². The van der Waals surface area contributed by atoms with E-state index in [0.717, 1.165) is 45.8 Å². The summed E-state index contributed by atoms with van der Waals surface area (Å²) in [4.78, 5) is 4.23. The summed E-state index contributed by atoms with van der Waals surface area (Å²) in [6.07, 6.45) is 1.95. The number of nitrogens with zero attached hydrogens (tertiary/aromatic N) is 1. The number of nitrogens with one attached hydrogen (secondary N) is 3. The SMILES string of the molecule is C1=NCCNCCNCCNC1.[Gd]. The van der Waals surface area contributed by atoms with E-state index in [-0.39, 0.29) is 39.9 Å². The number of aliphatic imine (C=N–C) groups is 1. The van der Waals surface area contributed by atoms with E-state index in [4.69, 9.17) is 0 Å². The molecule has 5 heteroatoms. The summed E-state index contributed by atoms with van der Waals surface area (Å²) in [6, 6.07) is 0. The van der Waals surface area contributed by atoms with E-state index in [2.05, 4.69) is 20.9 Å². The minimum atomic E-state index is 0. The third kappa shape index (κ3) is 9.19. The zero-order valence-corrected chi connectivity index (χ0v) is 10.1. The van der Waals surface area contributed by atoms with Crippen molar-refractivity contribution < 1.29 is 39.9 Å². The summed E-state index contributed by atoms with van der Waals surface area (Å²) < 4.78 is 0. The number of hydrogen-bond acceptors (Lipinski definition) is 4. The minimum Gasteiger partial charge on any atom is -0.314 e. The molecule has 0 spiro atoms. The predicted molar refractivity (Wildman–Crippen MR) is 52.0 cm³/mol. The fourth-order valence-electron chi connectivity index (χ4n) is 1.07. The molecule has 0 saturated carbocycles. The molecule has 0 atom stereocenters. The van der Waals surface area contributed by atoms with Gasteiger partial charge in [0.2, 0.25) is 0 Å². The van der Waals surface area contributed by atoms with Crippen molar-refractivity contribution >= 4 is 6.21 Å². The van der Waals surface area contributed by atoms with Crippen LogP contribution in [0.1, 0.15) is 0 Å². The Morgan fingerprint density at radius 1 is 0.846 bits per heavy atom. The molecular formula is C8H18GdN4. The quantitative estimate of drug-likeness (QED) is 0.526. The Balaban J connectivity index is 0.00000144. The molecule has 0 aromatic carbocycles. The van der Waals surface area contributed by atoms with E-state index in [1.54, 1.807) is 0 Å². The number of hydrogen-bond donors (Lipinski definition) is 3. The Labute approximate surface area is 112 Å². The fourth-order valence-corrected chi connectivity index (χ4v) is 1.07. The Hall–Kier alpha value is 0.875. The summed E-state index contributed by atoms with van der Waals surface area (Å²) >= 11 is 0. The van der Waals surface area contributed by atoms with Gasteiger partial charge in [0, 0.05) is 85.4 Å². The molecule has 1 heterocycles. The van der Waals surface area contributed by atoms with Crippen LogP contribution >= 0.6 is 0 Å². The molecule has 0 radical (unpaired) electrons. The van der Waals surface area contributed by atoms with Crippen molar-refractivity contribution in [3.05, 3.63) is 0 Å². The third-order valence-corrected chi connectivity index (χ3v) is 1.74. The second kappa shape index (κ2) is 11.0. The van der Waals surface area contributed by atoms with Crippen molar-refractivity contribution in [1.29, 1.82) is 0 Å². The maximum atomic E-state index is 4.23. The van der Waals surface area contributed by atoms with Crippen LogP contribution in [0.5, 0.6) is 0 Å². The Morgan fingerprint density at radius 3 is 2.23 bits per heavy atom. The van der Waals surface area contributed by atoms with Crippen LogP contribution in [0.15, 0.2) is 4.99 Å². The molecule has 0 saturated heterocycles. The van der Waals surface area contributed by atoms with E-state index < -0.39 is 0 Å². The first-order valence-electron chi connectivity index (χ1n) is 4.60. The second-order valence-electron chi connectivity index (χ2n) is 2.79. The zero-order valence-electron chi connectivity index (χ0n) is 7.83. The molecule has 0 bridgehead atoms. The molecule has 0 aliphatic carbocycles. The fraction of sp³-hybridized carbons (Fsp3) is 0.875. The van der Waals surface area contributed by atoms with Gasteiger partial charge in [-0.25, -0.2) is 0 Å². The van der Waals surface area contributed by atoms with Gasteiger partial charge in [-0.1, -0.05) is 0 Å². The van der Waals surface area contributed by atoms with Crippen LogP contribution in [0.4, 0.5) is 0 Å². The first-order chi connectivity index (χ1) is 6.00. The summed E-state index contributed by atoms with van der Waals surface area (Å²) in [6.45, 7) is 6.91. The first-order valence-corrected chi connectivity index (χ1v) is 4.60. The van der Waals surface area contributed by atoms with Crippen LogP contribution in [0.2, 0.25) is 0 Å². The van der Waals surface area contributed by atoms with Gasteiger partial charge in [-0.05, 0) is 0 Å². The molecule has 4 nitrogen and oxygen atoms in total. The Morgan fingerprint density at radius 2 is 1.46 bits per heavy atom. The largest absolute Gasteiger partial charge is 0.314 e. The Bertz CT molecular complexity index is 115.